The minimum Gasteiger partial charge on any atom is -0.399 e. The molecule has 0 saturated carbocycles. The quantitative estimate of drug-likeness (QED) is 0.668. The van der Waals surface area contributed by atoms with Gasteiger partial charge in [0.2, 0.25) is 5.91 Å². The lowest BCUT2D eigenvalue weighted by molar-refractivity contribution is -0.116. The number of carbonyl (C=O) groups is 1. The van der Waals surface area contributed by atoms with E-state index in [2.05, 4.69) is 10.2 Å². The van der Waals surface area contributed by atoms with Crippen LogP contribution in [0.5, 0.6) is 0 Å². The first kappa shape index (κ1) is 15.8. The molecule has 2 rings (SSSR count). The molecule has 1 unspecified atom stereocenters. The number of aliphatic hydroxyl groups excluding tert-OH is 1. The van der Waals surface area contributed by atoms with Gasteiger partial charge < -0.3 is 21.1 Å². The average molecular weight is 291 g/mol. The summed E-state index contributed by atoms with van der Waals surface area (Å²) in [7, 11) is 0. The zero-order valence-corrected chi connectivity index (χ0v) is 12.4. The molecular weight excluding hydrogens is 266 g/mol. The van der Waals surface area contributed by atoms with Gasteiger partial charge in [-0.05, 0) is 56.5 Å². The molecule has 1 aliphatic rings. The largest absolute Gasteiger partial charge is 0.399 e. The van der Waals surface area contributed by atoms with Crippen LogP contribution >= 0.6 is 0 Å². The third-order valence-corrected chi connectivity index (χ3v) is 3.96. The molecular formula is C16H25N3O2. The third kappa shape index (κ3) is 5.36. The maximum atomic E-state index is 11.9. The molecule has 4 N–H and O–H groups in total. The molecule has 1 amide bonds. The fourth-order valence-electron chi connectivity index (χ4n) is 2.84. The van der Waals surface area contributed by atoms with Gasteiger partial charge in [0.25, 0.3) is 0 Å². The maximum absolute atomic E-state index is 11.9. The molecule has 116 valence electrons. The molecule has 1 aliphatic heterocycles. The first-order valence-electron chi connectivity index (χ1n) is 7.66. The lowest BCUT2D eigenvalue weighted by atomic mass is 10.1. The Bertz CT molecular complexity index is 465. The van der Waals surface area contributed by atoms with Crippen LogP contribution < -0.4 is 11.1 Å². The van der Waals surface area contributed by atoms with E-state index in [1.165, 1.54) is 0 Å². The van der Waals surface area contributed by atoms with Crippen molar-refractivity contribution >= 4 is 17.3 Å². The van der Waals surface area contributed by atoms with Gasteiger partial charge in [-0.25, -0.2) is 0 Å². The van der Waals surface area contributed by atoms with Gasteiger partial charge in [0.1, 0.15) is 0 Å². The van der Waals surface area contributed by atoms with E-state index < -0.39 is 0 Å². The van der Waals surface area contributed by atoms with Gasteiger partial charge in [-0.15, -0.1) is 0 Å². The Balaban J connectivity index is 1.64. The highest BCUT2D eigenvalue weighted by molar-refractivity contribution is 5.91. The predicted molar refractivity (Wildman–Crippen MR) is 85.0 cm³/mol. The Kier molecular flexibility index (Phi) is 6.02. The van der Waals surface area contributed by atoms with Gasteiger partial charge >= 0.3 is 0 Å². The van der Waals surface area contributed by atoms with E-state index in [0.717, 1.165) is 44.6 Å². The zero-order valence-electron chi connectivity index (χ0n) is 12.4. The summed E-state index contributed by atoms with van der Waals surface area (Å²) >= 11 is 0. The third-order valence-electron chi connectivity index (χ3n) is 3.96. The standard InChI is InChI=1S/C16H25N3O2/c17-14-3-1-4-15(11-14)18-16(21)5-2-8-19-9-6-13(12-19)7-10-20/h1,3-4,11,13,20H,2,5-10,12,17H2,(H,18,21). The second kappa shape index (κ2) is 8.00. The number of nitrogen functional groups attached to an aromatic ring is 1. The minimum atomic E-state index is 0.0340. The summed E-state index contributed by atoms with van der Waals surface area (Å²) in [6.45, 7) is 3.37. The molecule has 0 aromatic heterocycles. The molecule has 1 aromatic carbocycles. The van der Waals surface area contributed by atoms with E-state index >= 15 is 0 Å². The van der Waals surface area contributed by atoms with E-state index in [0.29, 0.717) is 18.0 Å². The summed E-state index contributed by atoms with van der Waals surface area (Å²) < 4.78 is 0. The van der Waals surface area contributed by atoms with Crippen LogP contribution in [-0.4, -0.2) is 42.2 Å². The van der Waals surface area contributed by atoms with Crippen molar-refractivity contribution in [1.29, 1.82) is 0 Å². The Morgan fingerprint density at radius 2 is 2.33 bits per heavy atom. The maximum Gasteiger partial charge on any atom is 0.224 e. The first-order valence-corrected chi connectivity index (χ1v) is 7.66. The fourth-order valence-corrected chi connectivity index (χ4v) is 2.84. The Labute approximate surface area is 126 Å². The lowest BCUT2D eigenvalue weighted by Crippen LogP contribution is -2.23. The molecule has 21 heavy (non-hydrogen) atoms. The van der Waals surface area contributed by atoms with Crippen LogP contribution in [0.2, 0.25) is 0 Å². The highest BCUT2D eigenvalue weighted by Crippen LogP contribution is 2.19. The number of hydrogen-bond donors (Lipinski definition) is 3. The summed E-state index contributed by atoms with van der Waals surface area (Å²) in [4.78, 5) is 14.2. The summed E-state index contributed by atoms with van der Waals surface area (Å²) in [6.07, 6.45) is 3.44. The molecule has 5 nitrogen and oxygen atoms in total. The molecule has 1 heterocycles. The number of amides is 1. The number of likely N-dealkylation sites (tertiary alicyclic amines) is 1. The van der Waals surface area contributed by atoms with Crippen LogP contribution in [0.1, 0.15) is 25.7 Å². The number of anilines is 2. The van der Waals surface area contributed by atoms with Gasteiger partial charge in [0.15, 0.2) is 0 Å². The Morgan fingerprint density at radius 1 is 1.48 bits per heavy atom. The van der Waals surface area contributed by atoms with Gasteiger partial charge in [0.05, 0.1) is 0 Å². The fraction of sp³-hybridized carbons (Fsp3) is 0.562. The SMILES string of the molecule is Nc1cccc(NC(=O)CCCN2CCC(CCO)C2)c1. The number of nitrogens with one attached hydrogen (secondary N) is 1. The number of hydrogen-bond acceptors (Lipinski definition) is 4. The van der Waals surface area contributed by atoms with Gasteiger partial charge in [0, 0.05) is 30.9 Å². The zero-order chi connectivity index (χ0) is 15.1. The van der Waals surface area contributed by atoms with E-state index in [1.54, 1.807) is 12.1 Å². The normalized spacial score (nSPS) is 18.8. The molecule has 1 aromatic rings. The molecule has 5 heteroatoms. The smallest absolute Gasteiger partial charge is 0.224 e. The van der Waals surface area contributed by atoms with Crippen molar-refractivity contribution in [2.24, 2.45) is 5.92 Å². The van der Waals surface area contributed by atoms with Crippen molar-refractivity contribution in [2.45, 2.75) is 25.7 Å². The molecule has 0 bridgehead atoms. The van der Waals surface area contributed by atoms with E-state index in [4.69, 9.17) is 10.8 Å². The van der Waals surface area contributed by atoms with Gasteiger partial charge in [-0.3, -0.25) is 4.79 Å². The number of rotatable bonds is 7. The van der Waals surface area contributed by atoms with E-state index in [1.807, 2.05) is 12.1 Å². The number of carbonyl (C=O) groups excluding carboxylic acids is 1. The highest BCUT2D eigenvalue weighted by Gasteiger charge is 2.21. The van der Waals surface area contributed by atoms with Crippen LogP contribution in [0.3, 0.4) is 0 Å². The number of nitrogens with zero attached hydrogens (tertiary/aromatic N) is 1. The van der Waals surface area contributed by atoms with Crippen molar-refractivity contribution in [2.75, 3.05) is 37.3 Å². The van der Waals surface area contributed by atoms with Crippen molar-refractivity contribution in [3.05, 3.63) is 24.3 Å². The first-order chi connectivity index (χ1) is 10.2. The Hall–Kier alpha value is -1.59. The molecule has 0 aliphatic carbocycles. The van der Waals surface area contributed by atoms with Crippen LogP contribution in [0.4, 0.5) is 11.4 Å². The van der Waals surface area contributed by atoms with E-state index in [9.17, 15) is 4.79 Å². The van der Waals surface area contributed by atoms with Crippen LogP contribution in [-0.2, 0) is 4.79 Å². The molecule has 1 fully saturated rings. The minimum absolute atomic E-state index is 0.0340. The predicted octanol–water partition coefficient (Wildman–Crippen LogP) is 1.69. The second-order valence-electron chi connectivity index (χ2n) is 5.74. The number of nitrogens with two attached hydrogens (primary N) is 1. The van der Waals surface area contributed by atoms with Crippen molar-refractivity contribution in [3.63, 3.8) is 0 Å². The molecule has 0 radical (unpaired) electrons. The van der Waals surface area contributed by atoms with Crippen LogP contribution in [0.25, 0.3) is 0 Å². The average Bonchev–Trinajstić information content (AvgIpc) is 2.87. The van der Waals surface area contributed by atoms with Crippen LogP contribution in [0, 0.1) is 5.92 Å². The molecule has 0 spiro atoms. The summed E-state index contributed by atoms with van der Waals surface area (Å²) in [6, 6.07) is 7.23. The van der Waals surface area contributed by atoms with Crippen molar-refractivity contribution in [3.8, 4) is 0 Å². The topological polar surface area (TPSA) is 78.6 Å². The monoisotopic (exact) mass is 291 g/mol. The van der Waals surface area contributed by atoms with Gasteiger partial charge in [-0.1, -0.05) is 6.07 Å². The highest BCUT2D eigenvalue weighted by atomic mass is 16.3. The van der Waals surface area contributed by atoms with Crippen molar-refractivity contribution < 1.29 is 9.90 Å². The van der Waals surface area contributed by atoms with Crippen molar-refractivity contribution in [1.82, 2.24) is 4.90 Å². The molecule has 1 atom stereocenters. The number of benzene rings is 1. The summed E-state index contributed by atoms with van der Waals surface area (Å²) in [5, 5.41) is 11.8. The van der Waals surface area contributed by atoms with E-state index in [-0.39, 0.29) is 12.5 Å². The number of aliphatic hydroxyl groups is 1. The van der Waals surface area contributed by atoms with Gasteiger partial charge in [-0.2, -0.15) is 0 Å². The summed E-state index contributed by atoms with van der Waals surface area (Å²) in [5.74, 6) is 0.655. The summed E-state index contributed by atoms with van der Waals surface area (Å²) in [5.41, 5.74) is 7.09. The lowest BCUT2D eigenvalue weighted by Gasteiger charge is -2.15. The van der Waals surface area contributed by atoms with Crippen LogP contribution in [0.15, 0.2) is 24.3 Å². The second-order valence-corrected chi connectivity index (χ2v) is 5.74. The molecule has 1 saturated heterocycles. The Morgan fingerprint density at radius 3 is 3.10 bits per heavy atom.